The lowest BCUT2D eigenvalue weighted by Crippen LogP contribution is -2.03. The van der Waals surface area contributed by atoms with Gasteiger partial charge in [0.2, 0.25) is 0 Å². The maximum Gasteiger partial charge on any atom is 0.303 e. The molecule has 0 unspecified atom stereocenters. The second kappa shape index (κ2) is 4.14. The molecule has 2 heterocycles. The minimum Gasteiger partial charge on any atom is -0.481 e. The van der Waals surface area contributed by atoms with Gasteiger partial charge in [-0.15, -0.1) is 0 Å². The summed E-state index contributed by atoms with van der Waals surface area (Å²) in [6.45, 7) is 1.94. The first-order valence-electron chi connectivity index (χ1n) is 4.94. The van der Waals surface area contributed by atoms with Gasteiger partial charge in [-0.2, -0.15) is 0 Å². The van der Waals surface area contributed by atoms with Gasteiger partial charge in [0.25, 0.3) is 0 Å². The van der Waals surface area contributed by atoms with Gasteiger partial charge in [-0.1, -0.05) is 17.7 Å². The van der Waals surface area contributed by atoms with Gasteiger partial charge in [-0.05, 0) is 19.1 Å². The molecule has 0 radical (unpaired) electrons. The highest BCUT2D eigenvalue weighted by Crippen LogP contribution is 2.20. The number of aryl methyl sites for hydroxylation is 2. The highest BCUT2D eigenvalue weighted by atomic mass is 35.5. The fraction of sp³-hybridized carbons (Fsp3) is 0.273. The van der Waals surface area contributed by atoms with Crippen LogP contribution in [0.1, 0.15) is 17.9 Å². The third-order valence-electron chi connectivity index (χ3n) is 2.44. The van der Waals surface area contributed by atoms with E-state index >= 15 is 0 Å². The second-order valence-electron chi connectivity index (χ2n) is 3.60. The Kier molecular flexibility index (Phi) is 2.83. The zero-order valence-corrected chi connectivity index (χ0v) is 9.53. The molecule has 0 aliphatic heterocycles. The predicted octanol–water partition coefficient (Wildman–Crippen LogP) is 2.31. The van der Waals surface area contributed by atoms with Crippen molar-refractivity contribution in [3.05, 3.63) is 34.9 Å². The van der Waals surface area contributed by atoms with Crippen LogP contribution < -0.4 is 0 Å². The standard InChI is InChI=1S/C11H11ClN2O2/c1-7-3-2-4-8-11(12)13-9(14(7)8)5-6-10(15)16/h2-4H,5-6H2,1H3,(H,15,16). The number of pyridine rings is 1. The number of halogens is 1. The van der Waals surface area contributed by atoms with Gasteiger partial charge in [0.1, 0.15) is 5.82 Å². The van der Waals surface area contributed by atoms with Crippen LogP contribution in [0.3, 0.4) is 0 Å². The van der Waals surface area contributed by atoms with E-state index in [4.69, 9.17) is 16.7 Å². The van der Waals surface area contributed by atoms with Gasteiger partial charge in [0, 0.05) is 12.1 Å². The Hall–Kier alpha value is -1.55. The normalized spacial score (nSPS) is 10.9. The van der Waals surface area contributed by atoms with Gasteiger partial charge in [-0.25, -0.2) is 4.98 Å². The fourth-order valence-electron chi connectivity index (χ4n) is 1.73. The summed E-state index contributed by atoms with van der Waals surface area (Å²) in [7, 11) is 0. The van der Waals surface area contributed by atoms with Crippen molar-refractivity contribution in [3.63, 3.8) is 0 Å². The molecule has 2 aromatic heterocycles. The lowest BCUT2D eigenvalue weighted by atomic mass is 10.3. The molecular weight excluding hydrogens is 228 g/mol. The Morgan fingerprint density at radius 1 is 1.56 bits per heavy atom. The van der Waals surface area contributed by atoms with E-state index in [1.54, 1.807) is 0 Å². The second-order valence-corrected chi connectivity index (χ2v) is 3.96. The van der Waals surface area contributed by atoms with E-state index in [1.807, 2.05) is 29.5 Å². The van der Waals surface area contributed by atoms with Crippen LogP contribution >= 0.6 is 11.6 Å². The van der Waals surface area contributed by atoms with Crippen molar-refractivity contribution >= 4 is 23.1 Å². The first kappa shape index (κ1) is 11.0. The maximum absolute atomic E-state index is 10.5. The highest BCUT2D eigenvalue weighted by molar-refractivity contribution is 6.32. The predicted molar refractivity (Wildman–Crippen MR) is 60.9 cm³/mol. The van der Waals surface area contributed by atoms with Crippen molar-refractivity contribution in [1.82, 2.24) is 9.38 Å². The van der Waals surface area contributed by atoms with Crippen LogP contribution in [0.2, 0.25) is 5.15 Å². The van der Waals surface area contributed by atoms with Gasteiger partial charge in [0.15, 0.2) is 5.15 Å². The SMILES string of the molecule is Cc1cccc2c(Cl)nc(CCC(=O)O)n12. The average molecular weight is 239 g/mol. The van der Waals surface area contributed by atoms with Crippen LogP contribution in [-0.2, 0) is 11.2 Å². The molecule has 1 N–H and O–H groups in total. The molecule has 84 valence electrons. The smallest absolute Gasteiger partial charge is 0.303 e. The minimum atomic E-state index is -0.832. The molecule has 0 amide bonds. The summed E-state index contributed by atoms with van der Waals surface area (Å²) in [5.41, 5.74) is 1.82. The van der Waals surface area contributed by atoms with Crippen molar-refractivity contribution in [2.75, 3.05) is 0 Å². The third kappa shape index (κ3) is 1.88. The van der Waals surface area contributed by atoms with E-state index in [0.29, 0.717) is 17.4 Å². The number of nitrogens with zero attached hydrogens (tertiary/aromatic N) is 2. The zero-order chi connectivity index (χ0) is 11.7. The van der Waals surface area contributed by atoms with Gasteiger partial charge < -0.3 is 5.11 Å². The van der Waals surface area contributed by atoms with Crippen LogP contribution in [0.25, 0.3) is 5.52 Å². The Labute approximate surface area is 97.5 Å². The first-order valence-corrected chi connectivity index (χ1v) is 5.31. The van der Waals surface area contributed by atoms with Crippen molar-refractivity contribution in [1.29, 1.82) is 0 Å². The molecule has 0 aromatic carbocycles. The van der Waals surface area contributed by atoms with Crippen LogP contribution in [0.4, 0.5) is 0 Å². The van der Waals surface area contributed by atoms with E-state index in [9.17, 15) is 4.79 Å². The largest absolute Gasteiger partial charge is 0.481 e. The van der Waals surface area contributed by atoms with Gasteiger partial charge >= 0.3 is 5.97 Å². The van der Waals surface area contributed by atoms with Crippen molar-refractivity contribution in [3.8, 4) is 0 Å². The number of rotatable bonds is 3. The Bertz CT molecular complexity index is 548. The summed E-state index contributed by atoms with van der Waals surface area (Å²) in [4.78, 5) is 14.7. The Morgan fingerprint density at radius 2 is 2.31 bits per heavy atom. The fourth-order valence-corrected chi connectivity index (χ4v) is 1.97. The lowest BCUT2D eigenvalue weighted by molar-refractivity contribution is -0.137. The number of carbonyl (C=O) groups is 1. The quantitative estimate of drug-likeness (QED) is 0.893. The van der Waals surface area contributed by atoms with E-state index in [-0.39, 0.29) is 6.42 Å². The van der Waals surface area contributed by atoms with Crippen LogP contribution in [-0.4, -0.2) is 20.5 Å². The zero-order valence-electron chi connectivity index (χ0n) is 8.77. The molecule has 2 rings (SSSR count). The molecule has 5 heteroatoms. The van der Waals surface area contributed by atoms with Crippen LogP contribution in [0, 0.1) is 6.92 Å². The number of carboxylic acids is 1. The van der Waals surface area contributed by atoms with Crippen molar-refractivity contribution < 1.29 is 9.90 Å². The maximum atomic E-state index is 10.5. The summed E-state index contributed by atoms with van der Waals surface area (Å²) in [6.07, 6.45) is 0.442. The molecule has 0 atom stereocenters. The summed E-state index contributed by atoms with van der Waals surface area (Å²) in [5.74, 6) is -0.137. The van der Waals surface area contributed by atoms with Crippen molar-refractivity contribution in [2.45, 2.75) is 19.8 Å². The monoisotopic (exact) mass is 238 g/mol. The third-order valence-corrected chi connectivity index (χ3v) is 2.72. The molecule has 0 spiro atoms. The number of aromatic nitrogens is 2. The van der Waals surface area contributed by atoms with Crippen LogP contribution in [0.15, 0.2) is 18.2 Å². The molecule has 0 aliphatic carbocycles. The Balaban J connectivity index is 2.49. The first-order chi connectivity index (χ1) is 7.59. The van der Waals surface area contributed by atoms with Gasteiger partial charge in [0.05, 0.1) is 11.9 Å². The molecule has 2 aromatic rings. The molecule has 4 nitrogen and oxygen atoms in total. The number of fused-ring (bicyclic) bond motifs is 1. The number of carboxylic acid groups (broad SMARTS) is 1. The van der Waals surface area contributed by atoms with E-state index in [2.05, 4.69) is 4.98 Å². The molecular formula is C11H11ClN2O2. The number of imidazole rings is 1. The summed E-state index contributed by atoms with van der Waals surface area (Å²) >= 11 is 5.99. The molecule has 0 aliphatic rings. The minimum absolute atomic E-state index is 0.0593. The van der Waals surface area contributed by atoms with E-state index in [1.165, 1.54) is 0 Å². The van der Waals surface area contributed by atoms with E-state index in [0.717, 1.165) is 11.2 Å². The van der Waals surface area contributed by atoms with Crippen molar-refractivity contribution in [2.24, 2.45) is 0 Å². The van der Waals surface area contributed by atoms with Gasteiger partial charge in [-0.3, -0.25) is 9.20 Å². The van der Waals surface area contributed by atoms with E-state index < -0.39 is 5.97 Å². The summed E-state index contributed by atoms with van der Waals surface area (Å²) < 4.78 is 1.89. The molecule has 0 saturated carbocycles. The van der Waals surface area contributed by atoms with Crippen LogP contribution in [0.5, 0.6) is 0 Å². The molecule has 0 bridgehead atoms. The topological polar surface area (TPSA) is 54.6 Å². The Morgan fingerprint density at radius 3 is 3.00 bits per heavy atom. The summed E-state index contributed by atoms with van der Waals surface area (Å²) in [5, 5.41) is 9.07. The molecule has 0 fully saturated rings. The number of hydrogen-bond donors (Lipinski definition) is 1. The number of aliphatic carboxylic acids is 1. The number of hydrogen-bond acceptors (Lipinski definition) is 2. The highest BCUT2D eigenvalue weighted by Gasteiger charge is 2.11. The lowest BCUT2D eigenvalue weighted by Gasteiger charge is -2.03. The molecule has 16 heavy (non-hydrogen) atoms. The average Bonchev–Trinajstić information content (AvgIpc) is 2.55. The summed E-state index contributed by atoms with van der Waals surface area (Å²) in [6, 6.07) is 5.71. The molecule has 0 saturated heterocycles.